The van der Waals surface area contributed by atoms with Crippen LogP contribution in [0.5, 0.6) is 0 Å². The molecular formula is C8H14N2O3. The molecule has 0 aliphatic rings. The summed E-state index contributed by atoms with van der Waals surface area (Å²) in [6.45, 7) is 1.85. The zero-order valence-electron chi connectivity index (χ0n) is 7.66. The van der Waals surface area contributed by atoms with Crippen LogP contribution in [0.3, 0.4) is 0 Å². The van der Waals surface area contributed by atoms with E-state index in [0.29, 0.717) is 19.8 Å². The van der Waals surface area contributed by atoms with E-state index < -0.39 is 0 Å². The van der Waals surface area contributed by atoms with E-state index in [-0.39, 0.29) is 6.79 Å². The molecule has 0 bridgehead atoms. The van der Waals surface area contributed by atoms with Crippen molar-refractivity contribution in [3.8, 4) is 0 Å². The molecular weight excluding hydrogens is 172 g/mol. The number of ether oxygens (including phenoxy) is 3. The van der Waals surface area contributed by atoms with Gasteiger partial charge in [0.25, 0.3) is 0 Å². The predicted molar refractivity (Wildman–Crippen MR) is 46.1 cm³/mol. The normalized spacial score (nSPS) is 10.5. The van der Waals surface area contributed by atoms with Gasteiger partial charge < -0.3 is 19.2 Å². The quantitative estimate of drug-likeness (QED) is 0.499. The number of H-pyrrole nitrogens is 1. The predicted octanol–water partition coefficient (Wildman–Crippen LogP) is 0.547. The number of nitrogens with zero attached hydrogens (tertiary/aromatic N) is 1. The Hall–Kier alpha value is -0.910. The third-order valence-electron chi connectivity index (χ3n) is 1.39. The second kappa shape index (κ2) is 6.59. The van der Waals surface area contributed by atoms with Crippen molar-refractivity contribution in [1.82, 2.24) is 9.97 Å². The lowest BCUT2D eigenvalue weighted by atomic mass is 10.7. The van der Waals surface area contributed by atoms with E-state index in [9.17, 15) is 0 Å². The molecule has 1 heterocycles. The fraction of sp³-hybridized carbons (Fsp3) is 0.625. The summed E-state index contributed by atoms with van der Waals surface area (Å²) in [5, 5.41) is 0. The standard InChI is InChI=1S/C8H14N2O3/c1-11-4-5-12-7-13-6-8-9-2-3-10-8/h2-3H,4-7H2,1H3,(H,9,10). The van der Waals surface area contributed by atoms with Crippen LogP contribution in [-0.2, 0) is 20.8 Å². The van der Waals surface area contributed by atoms with Crippen LogP contribution < -0.4 is 0 Å². The third kappa shape index (κ3) is 4.62. The van der Waals surface area contributed by atoms with E-state index in [0.717, 1.165) is 5.82 Å². The molecule has 0 unspecified atom stereocenters. The summed E-state index contributed by atoms with van der Waals surface area (Å²) in [6, 6.07) is 0. The zero-order chi connectivity index (χ0) is 9.36. The molecule has 0 aliphatic carbocycles. The maximum atomic E-state index is 5.15. The Morgan fingerprint density at radius 3 is 3.00 bits per heavy atom. The van der Waals surface area contributed by atoms with Crippen molar-refractivity contribution in [3.05, 3.63) is 18.2 Å². The molecule has 0 saturated carbocycles. The van der Waals surface area contributed by atoms with Crippen molar-refractivity contribution in [1.29, 1.82) is 0 Å². The third-order valence-corrected chi connectivity index (χ3v) is 1.39. The molecule has 0 amide bonds. The number of imidazole rings is 1. The fourth-order valence-electron chi connectivity index (χ4n) is 0.775. The van der Waals surface area contributed by atoms with Gasteiger partial charge in [0.15, 0.2) is 0 Å². The van der Waals surface area contributed by atoms with Gasteiger partial charge in [0.05, 0.1) is 13.2 Å². The minimum absolute atomic E-state index is 0.268. The summed E-state index contributed by atoms with van der Waals surface area (Å²) in [5.74, 6) is 0.801. The van der Waals surface area contributed by atoms with E-state index >= 15 is 0 Å². The molecule has 1 aromatic rings. The lowest BCUT2D eigenvalue weighted by molar-refractivity contribution is -0.0739. The summed E-state index contributed by atoms with van der Waals surface area (Å²) < 4.78 is 15.0. The lowest BCUT2D eigenvalue weighted by Crippen LogP contribution is -2.06. The molecule has 5 heteroatoms. The minimum atomic E-state index is 0.268. The first-order valence-corrected chi connectivity index (χ1v) is 4.06. The number of aromatic amines is 1. The van der Waals surface area contributed by atoms with Gasteiger partial charge in [-0.3, -0.25) is 0 Å². The molecule has 1 N–H and O–H groups in total. The van der Waals surface area contributed by atoms with Gasteiger partial charge in [-0.1, -0.05) is 0 Å². The van der Waals surface area contributed by atoms with Crippen LogP contribution in [0.2, 0.25) is 0 Å². The van der Waals surface area contributed by atoms with Gasteiger partial charge in [0, 0.05) is 19.5 Å². The number of hydrogen-bond acceptors (Lipinski definition) is 4. The number of hydrogen-bond donors (Lipinski definition) is 1. The van der Waals surface area contributed by atoms with Crippen LogP contribution in [0.4, 0.5) is 0 Å². The first-order valence-electron chi connectivity index (χ1n) is 4.06. The first-order chi connectivity index (χ1) is 6.43. The van der Waals surface area contributed by atoms with Crippen LogP contribution in [0.15, 0.2) is 12.4 Å². The van der Waals surface area contributed by atoms with Crippen LogP contribution in [-0.4, -0.2) is 37.1 Å². The topological polar surface area (TPSA) is 56.4 Å². The van der Waals surface area contributed by atoms with Crippen molar-refractivity contribution in [2.45, 2.75) is 6.61 Å². The van der Waals surface area contributed by atoms with E-state index in [1.807, 2.05) is 0 Å². The summed E-state index contributed by atoms with van der Waals surface area (Å²) >= 11 is 0. The molecule has 0 aliphatic heterocycles. The Morgan fingerprint density at radius 1 is 1.38 bits per heavy atom. The van der Waals surface area contributed by atoms with Gasteiger partial charge in [-0.2, -0.15) is 0 Å². The second-order valence-electron chi connectivity index (χ2n) is 2.40. The van der Waals surface area contributed by atoms with Gasteiger partial charge in [-0.05, 0) is 0 Å². The molecule has 0 spiro atoms. The molecule has 5 nitrogen and oxygen atoms in total. The Bertz CT molecular complexity index is 201. The average Bonchev–Trinajstić information content (AvgIpc) is 2.63. The zero-order valence-corrected chi connectivity index (χ0v) is 7.66. The van der Waals surface area contributed by atoms with Gasteiger partial charge >= 0.3 is 0 Å². The van der Waals surface area contributed by atoms with Crippen molar-refractivity contribution in [3.63, 3.8) is 0 Å². The van der Waals surface area contributed by atoms with Crippen LogP contribution in [0, 0.1) is 0 Å². The molecule has 74 valence electrons. The van der Waals surface area contributed by atoms with E-state index in [4.69, 9.17) is 14.2 Å². The Kier molecular flexibility index (Phi) is 5.16. The summed E-state index contributed by atoms with van der Waals surface area (Å²) in [6.07, 6.45) is 3.44. The van der Waals surface area contributed by atoms with Crippen molar-refractivity contribution < 1.29 is 14.2 Å². The van der Waals surface area contributed by atoms with Crippen molar-refractivity contribution >= 4 is 0 Å². The minimum Gasteiger partial charge on any atom is -0.382 e. The van der Waals surface area contributed by atoms with Crippen molar-refractivity contribution in [2.24, 2.45) is 0 Å². The molecule has 0 atom stereocenters. The number of rotatable bonds is 7. The van der Waals surface area contributed by atoms with E-state index in [2.05, 4.69) is 9.97 Å². The van der Waals surface area contributed by atoms with Crippen molar-refractivity contribution in [2.75, 3.05) is 27.1 Å². The average molecular weight is 186 g/mol. The SMILES string of the molecule is COCCOCOCc1ncc[nH]1. The molecule has 1 aromatic heterocycles. The van der Waals surface area contributed by atoms with Crippen LogP contribution >= 0.6 is 0 Å². The number of aromatic nitrogens is 2. The summed E-state index contributed by atoms with van der Waals surface area (Å²) in [4.78, 5) is 6.91. The van der Waals surface area contributed by atoms with E-state index in [1.54, 1.807) is 19.5 Å². The lowest BCUT2D eigenvalue weighted by Gasteiger charge is -2.03. The largest absolute Gasteiger partial charge is 0.382 e. The number of methoxy groups -OCH3 is 1. The Labute approximate surface area is 77.0 Å². The maximum Gasteiger partial charge on any atom is 0.147 e. The van der Waals surface area contributed by atoms with Crippen LogP contribution in [0.25, 0.3) is 0 Å². The first kappa shape index (κ1) is 10.2. The molecule has 0 radical (unpaired) electrons. The van der Waals surface area contributed by atoms with E-state index in [1.165, 1.54) is 0 Å². The second-order valence-corrected chi connectivity index (χ2v) is 2.40. The van der Waals surface area contributed by atoms with Crippen LogP contribution in [0.1, 0.15) is 5.82 Å². The monoisotopic (exact) mass is 186 g/mol. The van der Waals surface area contributed by atoms with Gasteiger partial charge in [0.2, 0.25) is 0 Å². The highest BCUT2D eigenvalue weighted by Gasteiger charge is 1.93. The highest BCUT2D eigenvalue weighted by molar-refractivity contribution is 4.83. The van der Waals surface area contributed by atoms with Gasteiger partial charge in [0.1, 0.15) is 19.2 Å². The maximum absolute atomic E-state index is 5.15. The highest BCUT2D eigenvalue weighted by Crippen LogP contribution is 1.91. The highest BCUT2D eigenvalue weighted by atomic mass is 16.7. The summed E-state index contributed by atoms with van der Waals surface area (Å²) in [5.41, 5.74) is 0. The van der Waals surface area contributed by atoms with Gasteiger partial charge in [-0.25, -0.2) is 4.98 Å². The Balaban J connectivity index is 1.90. The molecule has 0 aromatic carbocycles. The summed E-state index contributed by atoms with van der Waals surface area (Å²) in [7, 11) is 1.63. The smallest absolute Gasteiger partial charge is 0.147 e. The van der Waals surface area contributed by atoms with Gasteiger partial charge in [-0.15, -0.1) is 0 Å². The molecule has 13 heavy (non-hydrogen) atoms. The molecule has 1 rings (SSSR count). The molecule has 0 fully saturated rings. The Morgan fingerprint density at radius 2 is 2.31 bits per heavy atom. The molecule has 0 saturated heterocycles. The fourth-order valence-corrected chi connectivity index (χ4v) is 0.775. The number of nitrogens with one attached hydrogen (secondary N) is 1.